The van der Waals surface area contributed by atoms with Crippen molar-refractivity contribution < 1.29 is 18.5 Å². The van der Waals surface area contributed by atoms with Crippen LogP contribution < -0.4 is 0 Å². The van der Waals surface area contributed by atoms with Crippen LogP contribution in [-0.2, 0) is 0 Å². The second-order valence-electron chi connectivity index (χ2n) is 6.93. The molecule has 1 saturated heterocycles. The zero-order chi connectivity index (χ0) is 21.3. The van der Waals surface area contributed by atoms with Gasteiger partial charge < -0.3 is 14.3 Å². The molecule has 0 aliphatic carbocycles. The molecule has 0 spiro atoms. The highest BCUT2D eigenvalue weighted by atomic mass is 35.5. The monoisotopic (exact) mass is 428 g/mol. The van der Waals surface area contributed by atoms with Crippen LogP contribution in [0.25, 0.3) is 11.5 Å². The highest BCUT2D eigenvalue weighted by molar-refractivity contribution is 6.33. The minimum absolute atomic E-state index is 0.0787. The van der Waals surface area contributed by atoms with Gasteiger partial charge in [-0.25, -0.2) is 4.39 Å². The van der Waals surface area contributed by atoms with Crippen LogP contribution in [0.4, 0.5) is 4.39 Å². The number of aryl methyl sites for hydroxylation is 1. The van der Waals surface area contributed by atoms with E-state index in [0.717, 1.165) is 11.6 Å². The van der Waals surface area contributed by atoms with E-state index in [-0.39, 0.29) is 22.4 Å². The van der Waals surface area contributed by atoms with Crippen molar-refractivity contribution in [3.05, 3.63) is 70.3 Å². The van der Waals surface area contributed by atoms with Gasteiger partial charge in [-0.1, -0.05) is 16.8 Å². The van der Waals surface area contributed by atoms with Crippen molar-refractivity contribution in [3.63, 3.8) is 0 Å². The predicted octanol–water partition coefficient (Wildman–Crippen LogP) is 3.44. The Morgan fingerprint density at radius 2 is 1.63 bits per heavy atom. The van der Waals surface area contributed by atoms with Gasteiger partial charge in [0.15, 0.2) is 5.82 Å². The molecular weight excluding hydrogens is 411 g/mol. The van der Waals surface area contributed by atoms with E-state index in [4.69, 9.17) is 16.1 Å². The van der Waals surface area contributed by atoms with Crippen LogP contribution in [0.2, 0.25) is 5.02 Å². The van der Waals surface area contributed by atoms with E-state index in [1.165, 1.54) is 12.1 Å². The van der Waals surface area contributed by atoms with Gasteiger partial charge in [0.25, 0.3) is 17.7 Å². The molecule has 1 fully saturated rings. The first-order valence-electron chi connectivity index (χ1n) is 9.37. The molecule has 0 atom stereocenters. The van der Waals surface area contributed by atoms with E-state index in [0.29, 0.717) is 43.5 Å². The van der Waals surface area contributed by atoms with E-state index in [1.807, 2.05) is 0 Å². The maximum absolute atomic E-state index is 13.2. The van der Waals surface area contributed by atoms with E-state index in [2.05, 4.69) is 10.1 Å². The molecule has 3 aromatic rings. The van der Waals surface area contributed by atoms with Gasteiger partial charge in [-0.2, -0.15) is 4.98 Å². The number of hydrogen-bond acceptors (Lipinski definition) is 5. The third kappa shape index (κ3) is 4.04. The molecule has 7 nitrogen and oxygen atoms in total. The Labute approximate surface area is 177 Å². The van der Waals surface area contributed by atoms with Crippen LogP contribution in [0.15, 0.2) is 47.0 Å². The Balaban J connectivity index is 1.39. The lowest BCUT2D eigenvalue weighted by Crippen LogP contribution is -2.50. The molecule has 2 heterocycles. The second-order valence-corrected chi connectivity index (χ2v) is 7.34. The third-order valence-electron chi connectivity index (χ3n) is 4.92. The molecule has 1 aromatic heterocycles. The van der Waals surface area contributed by atoms with Gasteiger partial charge in [0.05, 0.1) is 10.6 Å². The Morgan fingerprint density at radius 1 is 1.00 bits per heavy atom. The number of hydrogen-bond donors (Lipinski definition) is 0. The molecule has 0 unspecified atom stereocenters. The highest BCUT2D eigenvalue weighted by Crippen LogP contribution is 2.21. The number of nitrogens with zero attached hydrogens (tertiary/aromatic N) is 4. The van der Waals surface area contributed by atoms with E-state index < -0.39 is 5.82 Å². The summed E-state index contributed by atoms with van der Waals surface area (Å²) >= 11 is 5.99. The Morgan fingerprint density at radius 3 is 2.20 bits per heavy atom. The molecule has 0 N–H and O–H groups in total. The molecule has 0 saturated carbocycles. The fraction of sp³-hybridized carbons (Fsp3) is 0.238. The summed E-state index contributed by atoms with van der Waals surface area (Å²) in [5.41, 5.74) is 1.53. The summed E-state index contributed by atoms with van der Waals surface area (Å²) < 4.78 is 18.3. The number of amides is 2. The number of benzene rings is 2. The standard InChI is InChI=1S/C21H18ClFN4O3/c1-13-24-19(30-25-13)14-2-4-15(5-3-14)20(28)26-8-10-27(11-9-26)21(29)17-7-6-16(23)12-18(17)22/h2-7,12H,8-11H2,1H3. The van der Waals surface area contributed by atoms with Gasteiger partial charge in [0.2, 0.25) is 0 Å². The van der Waals surface area contributed by atoms with E-state index in [9.17, 15) is 14.0 Å². The smallest absolute Gasteiger partial charge is 0.257 e. The summed E-state index contributed by atoms with van der Waals surface area (Å²) in [6, 6.07) is 10.7. The molecular formula is C21H18ClFN4O3. The zero-order valence-corrected chi connectivity index (χ0v) is 16.9. The van der Waals surface area contributed by atoms with Crippen LogP contribution in [0.5, 0.6) is 0 Å². The molecule has 30 heavy (non-hydrogen) atoms. The summed E-state index contributed by atoms with van der Waals surface area (Å²) in [6.07, 6.45) is 0. The fourth-order valence-electron chi connectivity index (χ4n) is 3.30. The first-order chi connectivity index (χ1) is 14.4. The number of halogens is 2. The van der Waals surface area contributed by atoms with Gasteiger partial charge >= 0.3 is 0 Å². The predicted molar refractivity (Wildman–Crippen MR) is 108 cm³/mol. The van der Waals surface area contributed by atoms with Gasteiger partial charge in [0, 0.05) is 37.3 Å². The van der Waals surface area contributed by atoms with Gasteiger partial charge in [0.1, 0.15) is 5.82 Å². The molecule has 1 aliphatic rings. The number of carbonyl (C=O) groups is 2. The number of rotatable bonds is 3. The van der Waals surface area contributed by atoms with Crippen LogP contribution >= 0.6 is 11.6 Å². The average molecular weight is 429 g/mol. The maximum atomic E-state index is 13.2. The zero-order valence-electron chi connectivity index (χ0n) is 16.1. The quantitative estimate of drug-likeness (QED) is 0.638. The molecule has 2 aromatic carbocycles. The van der Waals surface area contributed by atoms with Crippen LogP contribution in [0, 0.1) is 12.7 Å². The van der Waals surface area contributed by atoms with E-state index in [1.54, 1.807) is 41.0 Å². The average Bonchev–Trinajstić information content (AvgIpc) is 3.19. The van der Waals surface area contributed by atoms with Crippen molar-refractivity contribution in [2.75, 3.05) is 26.2 Å². The number of aromatic nitrogens is 2. The molecule has 2 amide bonds. The Hall–Kier alpha value is -3.26. The van der Waals surface area contributed by atoms with Crippen molar-refractivity contribution >= 4 is 23.4 Å². The second kappa shape index (κ2) is 8.23. The van der Waals surface area contributed by atoms with Gasteiger partial charge in [-0.15, -0.1) is 0 Å². The maximum Gasteiger partial charge on any atom is 0.257 e. The summed E-state index contributed by atoms with van der Waals surface area (Å²) in [5.74, 6) is 0.0614. The third-order valence-corrected chi connectivity index (χ3v) is 5.23. The molecule has 154 valence electrons. The van der Waals surface area contributed by atoms with Crippen molar-refractivity contribution in [1.29, 1.82) is 0 Å². The van der Waals surface area contributed by atoms with Crippen molar-refractivity contribution in [2.24, 2.45) is 0 Å². The summed E-state index contributed by atoms with van der Waals surface area (Å²) in [5, 5.41) is 3.84. The SMILES string of the molecule is Cc1noc(-c2ccc(C(=O)N3CCN(C(=O)c4ccc(F)cc4Cl)CC3)cc2)n1. The first kappa shape index (κ1) is 20.0. The normalized spacial score (nSPS) is 14.1. The Bertz CT molecular complexity index is 1090. The van der Waals surface area contributed by atoms with Gasteiger partial charge in [-0.05, 0) is 49.4 Å². The fourth-order valence-corrected chi connectivity index (χ4v) is 3.55. The summed E-state index contributed by atoms with van der Waals surface area (Å²) in [4.78, 5) is 32.9. The van der Waals surface area contributed by atoms with E-state index >= 15 is 0 Å². The van der Waals surface area contributed by atoms with Crippen LogP contribution in [0.1, 0.15) is 26.5 Å². The molecule has 0 radical (unpaired) electrons. The Kier molecular flexibility index (Phi) is 5.50. The van der Waals surface area contributed by atoms with Crippen molar-refractivity contribution in [1.82, 2.24) is 19.9 Å². The molecule has 4 rings (SSSR count). The lowest BCUT2D eigenvalue weighted by atomic mass is 10.1. The molecule has 0 bridgehead atoms. The van der Waals surface area contributed by atoms with Gasteiger partial charge in [-0.3, -0.25) is 9.59 Å². The minimum Gasteiger partial charge on any atom is -0.335 e. The molecule has 1 aliphatic heterocycles. The summed E-state index contributed by atoms with van der Waals surface area (Å²) in [6.45, 7) is 3.27. The largest absolute Gasteiger partial charge is 0.335 e. The topological polar surface area (TPSA) is 79.5 Å². The highest BCUT2D eigenvalue weighted by Gasteiger charge is 2.26. The van der Waals surface area contributed by atoms with Crippen molar-refractivity contribution in [2.45, 2.75) is 6.92 Å². The first-order valence-corrected chi connectivity index (χ1v) is 9.74. The minimum atomic E-state index is -0.493. The molecule has 9 heteroatoms. The van der Waals surface area contributed by atoms with Crippen LogP contribution in [0.3, 0.4) is 0 Å². The number of carbonyl (C=O) groups excluding carboxylic acids is 2. The van der Waals surface area contributed by atoms with Crippen molar-refractivity contribution in [3.8, 4) is 11.5 Å². The van der Waals surface area contributed by atoms with Crippen LogP contribution in [-0.4, -0.2) is 57.9 Å². The lowest BCUT2D eigenvalue weighted by molar-refractivity contribution is 0.0535. The summed E-state index contributed by atoms with van der Waals surface area (Å²) in [7, 11) is 0. The lowest BCUT2D eigenvalue weighted by Gasteiger charge is -2.35. The number of piperazine rings is 1.